The van der Waals surface area contributed by atoms with Crippen molar-refractivity contribution in [2.75, 3.05) is 19.7 Å². The summed E-state index contributed by atoms with van der Waals surface area (Å²) < 4.78 is 5.12. The van der Waals surface area contributed by atoms with Crippen LogP contribution in [0.4, 0.5) is 0 Å². The van der Waals surface area contributed by atoms with Gasteiger partial charge in [-0.2, -0.15) is 0 Å². The van der Waals surface area contributed by atoms with Crippen LogP contribution in [-0.2, 0) is 9.53 Å². The first-order chi connectivity index (χ1) is 10.7. The fourth-order valence-corrected chi connectivity index (χ4v) is 3.01. The third-order valence-corrected chi connectivity index (χ3v) is 4.54. The Labute approximate surface area is 134 Å². The molecule has 0 aromatic carbocycles. The number of ether oxygens (including phenoxy) is 1. The van der Waals surface area contributed by atoms with E-state index in [4.69, 9.17) is 4.74 Å². The van der Waals surface area contributed by atoms with Gasteiger partial charge in [-0.15, -0.1) is 0 Å². The Hall–Kier alpha value is -1.26. The molecule has 0 bridgehead atoms. The number of carbonyl (C=O) groups is 1. The largest absolute Gasteiger partial charge is 0.466 e. The highest BCUT2D eigenvalue weighted by atomic mass is 16.5. The van der Waals surface area contributed by atoms with Crippen LogP contribution in [0.3, 0.4) is 0 Å². The summed E-state index contributed by atoms with van der Waals surface area (Å²) in [5, 5.41) is 6.85. The van der Waals surface area contributed by atoms with Crippen molar-refractivity contribution in [3.05, 3.63) is 0 Å². The molecule has 5 nitrogen and oxygen atoms in total. The Balaban J connectivity index is 1.72. The van der Waals surface area contributed by atoms with E-state index in [1.54, 1.807) is 0 Å². The average molecular weight is 309 g/mol. The molecule has 0 aromatic rings. The molecular weight excluding hydrogens is 278 g/mol. The minimum absolute atomic E-state index is 0.0223. The van der Waals surface area contributed by atoms with Crippen molar-refractivity contribution in [3.63, 3.8) is 0 Å². The van der Waals surface area contributed by atoms with Gasteiger partial charge < -0.3 is 15.4 Å². The van der Waals surface area contributed by atoms with Crippen molar-refractivity contribution in [1.29, 1.82) is 0 Å². The van der Waals surface area contributed by atoms with Crippen molar-refractivity contribution in [2.45, 2.75) is 64.8 Å². The predicted octanol–water partition coefficient (Wildman–Crippen LogP) is 2.46. The van der Waals surface area contributed by atoms with Gasteiger partial charge in [0.15, 0.2) is 5.96 Å². The number of hydrogen-bond acceptors (Lipinski definition) is 3. The van der Waals surface area contributed by atoms with Gasteiger partial charge in [0.2, 0.25) is 0 Å². The summed E-state index contributed by atoms with van der Waals surface area (Å²) in [5.74, 6) is 1.92. The maximum absolute atomic E-state index is 11.8. The molecule has 2 aliphatic rings. The standard InChI is InChI=1S/C17H31N3O2/c1-3-18-17(19-12-11-13-5-6-13)20-15-9-7-14(8-10-15)16(21)22-4-2/h13-15H,3-12H2,1-2H3,(H2,18,19,20). The highest BCUT2D eigenvalue weighted by molar-refractivity contribution is 5.80. The Bertz CT molecular complexity index is 372. The Morgan fingerprint density at radius 3 is 2.45 bits per heavy atom. The van der Waals surface area contributed by atoms with E-state index in [0.717, 1.165) is 50.7 Å². The van der Waals surface area contributed by atoms with Crippen molar-refractivity contribution in [1.82, 2.24) is 10.6 Å². The molecule has 22 heavy (non-hydrogen) atoms. The zero-order valence-corrected chi connectivity index (χ0v) is 14.1. The number of nitrogens with zero attached hydrogens (tertiary/aromatic N) is 1. The molecule has 0 atom stereocenters. The van der Waals surface area contributed by atoms with E-state index in [1.165, 1.54) is 19.3 Å². The van der Waals surface area contributed by atoms with Crippen LogP contribution in [0.2, 0.25) is 0 Å². The first-order valence-electron chi connectivity index (χ1n) is 8.94. The Morgan fingerprint density at radius 2 is 1.86 bits per heavy atom. The fraction of sp³-hybridized carbons (Fsp3) is 0.882. The summed E-state index contributed by atoms with van der Waals surface area (Å²) in [6.07, 6.45) is 7.84. The topological polar surface area (TPSA) is 62.7 Å². The lowest BCUT2D eigenvalue weighted by Crippen LogP contribution is -2.45. The normalized spacial score (nSPS) is 25.6. The van der Waals surface area contributed by atoms with E-state index in [0.29, 0.717) is 12.6 Å². The summed E-state index contributed by atoms with van der Waals surface area (Å²) in [6.45, 7) is 6.24. The number of rotatable bonds is 7. The summed E-state index contributed by atoms with van der Waals surface area (Å²) in [5.41, 5.74) is 0. The molecule has 2 N–H and O–H groups in total. The van der Waals surface area contributed by atoms with Gasteiger partial charge in [0.05, 0.1) is 12.5 Å². The Morgan fingerprint density at radius 1 is 1.14 bits per heavy atom. The second kappa shape index (κ2) is 9.01. The molecule has 2 aliphatic carbocycles. The van der Waals surface area contributed by atoms with Crippen LogP contribution < -0.4 is 10.6 Å². The molecule has 0 radical (unpaired) electrons. The van der Waals surface area contributed by atoms with E-state index in [-0.39, 0.29) is 11.9 Å². The van der Waals surface area contributed by atoms with Gasteiger partial charge in [-0.25, -0.2) is 0 Å². The van der Waals surface area contributed by atoms with Crippen molar-refractivity contribution >= 4 is 11.9 Å². The van der Waals surface area contributed by atoms with E-state index < -0.39 is 0 Å². The molecule has 2 saturated carbocycles. The van der Waals surface area contributed by atoms with Gasteiger partial charge >= 0.3 is 5.97 Å². The quantitative estimate of drug-likeness (QED) is 0.431. The zero-order chi connectivity index (χ0) is 15.8. The van der Waals surface area contributed by atoms with Crippen LogP contribution in [0.1, 0.15) is 58.8 Å². The predicted molar refractivity (Wildman–Crippen MR) is 88.8 cm³/mol. The third-order valence-electron chi connectivity index (χ3n) is 4.54. The molecule has 2 fully saturated rings. The molecule has 0 saturated heterocycles. The number of hydrogen-bond donors (Lipinski definition) is 2. The van der Waals surface area contributed by atoms with Gasteiger partial charge in [-0.1, -0.05) is 12.8 Å². The minimum Gasteiger partial charge on any atom is -0.466 e. The van der Waals surface area contributed by atoms with Crippen molar-refractivity contribution in [2.24, 2.45) is 16.8 Å². The van der Waals surface area contributed by atoms with E-state index in [9.17, 15) is 4.79 Å². The van der Waals surface area contributed by atoms with Gasteiger partial charge in [0.25, 0.3) is 0 Å². The maximum Gasteiger partial charge on any atom is 0.308 e. The molecular formula is C17H31N3O2. The molecule has 126 valence electrons. The van der Waals surface area contributed by atoms with Gasteiger partial charge in [0, 0.05) is 19.1 Å². The number of nitrogens with one attached hydrogen (secondary N) is 2. The minimum atomic E-state index is -0.0223. The summed E-state index contributed by atoms with van der Waals surface area (Å²) >= 11 is 0. The highest BCUT2D eigenvalue weighted by Crippen LogP contribution is 2.32. The van der Waals surface area contributed by atoms with Gasteiger partial charge in [-0.3, -0.25) is 9.79 Å². The lowest BCUT2D eigenvalue weighted by Gasteiger charge is -2.29. The van der Waals surface area contributed by atoms with Crippen LogP contribution in [-0.4, -0.2) is 37.7 Å². The lowest BCUT2D eigenvalue weighted by molar-refractivity contribution is -0.149. The smallest absolute Gasteiger partial charge is 0.308 e. The average Bonchev–Trinajstić information content (AvgIpc) is 3.32. The summed E-state index contributed by atoms with van der Waals surface area (Å²) in [4.78, 5) is 16.4. The number of guanidine groups is 1. The summed E-state index contributed by atoms with van der Waals surface area (Å²) in [7, 11) is 0. The monoisotopic (exact) mass is 309 g/mol. The maximum atomic E-state index is 11.8. The molecule has 5 heteroatoms. The Kier molecular flexibility index (Phi) is 7.00. The van der Waals surface area contributed by atoms with Crippen LogP contribution in [0.25, 0.3) is 0 Å². The molecule has 0 unspecified atom stereocenters. The summed E-state index contributed by atoms with van der Waals surface area (Å²) in [6, 6.07) is 0.421. The second-order valence-corrected chi connectivity index (χ2v) is 6.44. The number of carbonyl (C=O) groups excluding carboxylic acids is 1. The fourth-order valence-electron chi connectivity index (χ4n) is 3.01. The molecule has 0 spiro atoms. The molecule has 0 heterocycles. The van der Waals surface area contributed by atoms with Crippen LogP contribution in [0.5, 0.6) is 0 Å². The van der Waals surface area contributed by atoms with E-state index in [1.807, 2.05) is 6.92 Å². The SMILES string of the molecule is CCNC(=NCCC1CC1)NC1CCC(C(=O)OCC)CC1. The number of aliphatic imine (C=N–C) groups is 1. The first-order valence-corrected chi connectivity index (χ1v) is 8.94. The number of esters is 1. The molecule has 0 aliphatic heterocycles. The van der Waals surface area contributed by atoms with Crippen LogP contribution in [0.15, 0.2) is 4.99 Å². The van der Waals surface area contributed by atoms with Gasteiger partial charge in [-0.05, 0) is 51.9 Å². The van der Waals surface area contributed by atoms with Gasteiger partial charge in [0.1, 0.15) is 0 Å². The highest BCUT2D eigenvalue weighted by Gasteiger charge is 2.27. The van der Waals surface area contributed by atoms with E-state index in [2.05, 4.69) is 22.5 Å². The molecule has 2 rings (SSSR count). The lowest BCUT2D eigenvalue weighted by atomic mass is 9.86. The third kappa shape index (κ3) is 5.85. The zero-order valence-electron chi connectivity index (χ0n) is 14.1. The second-order valence-electron chi connectivity index (χ2n) is 6.44. The molecule has 0 aromatic heterocycles. The van der Waals surface area contributed by atoms with Crippen molar-refractivity contribution < 1.29 is 9.53 Å². The van der Waals surface area contributed by atoms with Crippen LogP contribution >= 0.6 is 0 Å². The first kappa shape index (κ1) is 17.1. The molecule has 0 amide bonds. The van der Waals surface area contributed by atoms with Crippen LogP contribution in [0, 0.1) is 11.8 Å². The van der Waals surface area contributed by atoms with Crippen molar-refractivity contribution in [3.8, 4) is 0 Å². The van der Waals surface area contributed by atoms with E-state index >= 15 is 0 Å².